The summed E-state index contributed by atoms with van der Waals surface area (Å²) >= 11 is 0. The fourth-order valence-corrected chi connectivity index (χ4v) is 5.30. The van der Waals surface area contributed by atoms with Gasteiger partial charge in [0.15, 0.2) is 11.5 Å². The number of benzene rings is 2. The van der Waals surface area contributed by atoms with Gasteiger partial charge in [0.2, 0.25) is 0 Å². The number of guanidine groups is 1. The lowest BCUT2D eigenvalue weighted by atomic mass is 9.83. The molecule has 0 bridgehead atoms. The van der Waals surface area contributed by atoms with E-state index in [4.69, 9.17) is 5.73 Å². The molecule has 0 fully saturated rings. The van der Waals surface area contributed by atoms with Crippen molar-refractivity contribution in [3.63, 3.8) is 0 Å². The summed E-state index contributed by atoms with van der Waals surface area (Å²) in [6.07, 6.45) is -0.208. The Morgan fingerprint density at radius 1 is 1.12 bits per heavy atom. The van der Waals surface area contributed by atoms with E-state index in [1.165, 1.54) is 21.9 Å². The van der Waals surface area contributed by atoms with Crippen LogP contribution in [0.4, 0.5) is 13.2 Å². The number of carbonyl (C=O) groups excluding carboxylic acids is 2. The predicted octanol–water partition coefficient (Wildman–Crippen LogP) is 4.55. The quantitative estimate of drug-likeness (QED) is 0.465. The summed E-state index contributed by atoms with van der Waals surface area (Å²) < 4.78 is 43.8. The number of aromatic nitrogens is 2. The zero-order valence-corrected chi connectivity index (χ0v) is 22.4. The minimum atomic E-state index is -4.74. The number of nitrogens with zero attached hydrogens (tertiary/aromatic N) is 5. The largest absolute Gasteiger partial charge is 0.417 e. The first kappa shape index (κ1) is 27.4. The molecule has 0 spiro atoms. The Kier molecular flexibility index (Phi) is 7.16. The molecule has 1 unspecified atom stereocenters. The van der Waals surface area contributed by atoms with Crippen LogP contribution in [-0.4, -0.2) is 43.7 Å². The summed E-state index contributed by atoms with van der Waals surface area (Å²) in [6, 6.07) is 12.5. The number of aliphatic imine (C=N–C) groups is 1. The number of hydrogen-bond acceptors (Lipinski definition) is 5. The van der Waals surface area contributed by atoms with E-state index in [0.717, 1.165) is 12.5 Å². The number of rotatable bonds is 7. The molecule has 3 heterocycles. The number of imidazole rings is 1. The molecule has 5 rings (SSSR count). The Balaban J connectivity index is 1.46. The Morgan fingerprint density at radius 2 is 1.88 bits per heavy atom. The average Bonchev–Trinajstić information content (AvgIpc) is 3.49. The van der Waals surface area contributed by atoms with Crippen LogP contribution >= 0.6 is 0 Å². The third-order valence-electron chi connectivity index (χ3n) is 7.51. The highest BCUT2D eigenvalue weighted by atomic mass is 19.4. The number of hydrogen-bond donors (Lipinski definition) is 1. The molecule has 0 saturated heterocycles. The van der Waals surface area contributed by atoms with Gasteiger partial charge in [0.25, 0.3) is 11.8 Å². The van der Waals surface area contributed by atoms with Crippen LogP contribution in [0.1, 0.15) is 59.6 Å². The number of alkyl halides is 3. The fraction of sp³-hybridized carbons (Fsp3) is 0.379. The van der Waals surface area contributed by atoms with Gasteiger partial charge in [0.05, 0.1) is 24.2 Å². The van der Waals surface area contributed by atoms with Crippen LogP contribution in [0.5, 0.6) is 0 Å². The molecule has 2 aliphatic rings. The second kappa shape index (κ2) is 10.4. The molecule has 2 amide bonds. The van der Waals surface area contributed by atoms with Gasteiger partial charge in [-0.3, -0.25) is 14.5 Å². The summed E-state index contributed by atoms with van der Waals surface area (Å²) in [5.41, 5.74) is 4.61. The van der Waals surface area contributed by atoms with Crippen LogP contribution in [0.25, 0.3) is 0 Å². The molecule has 2 aromatic carbocycles. The van der Waals surface area contributed by atoms with Gasteiger partial charge in [0.1, 0.15) is 5.82 Å². The summed E-state index contributed by atoms with van der Waals surface area (Å²) in [4.78, 5) is 38.8. The van der Waals surface area contributed by atoms with Crippen molar-refractivity contribution in [1.29, 1.82) is 0 Å². The molecule has 1 atom stereocenters. The van der Waals surface area contributed by atoms with E-state index in [1.807, 2.05) is 34.9 Å². The van der Waals surface area contributed by atoms with Crippen molar-refractivity contribution >= 4 is 17.8 Å². The van der Waals surface area contributed by atoms with Gasteiger partial charge in [-0.05, 0) is 42.0 Å². The van der Waals surface area contributed by atoms with E-state index in [2.05, 4.69) is 23.8 Å². The second-order valence-electron chi connectivity index (χ2n) is 10.7. The first-order valence-corrected chi connectivity index (χ1v) is 13.2. The van der Waals surface area contributed by atoms with Crippen LogP contribution in [-0.2, 0) is 36.1 Å². The smallest absolute Gasteiger partial charge is 0.369 e. The zero-order valence-electron chi connectivity index (χ0n) is 22.4. The first-order chi connectivity index (χ1) is 19.0. The molecule has 1 aromatic heterocycles. The van der Waals surface area contributed by atoms with E-state index >= 15 is 0 Å². The Labute approximate surface area is 230 Å². The van der Waals surface area contributed by atoms with Crippen LogP contribution in [0.2, 0.25) is 0 Å². The van der Waals surface area contributed by atoms with Gasteiger partial charge in [0, 0.05) is 25.5 Å². The Bertz CT molecular complexity index is 1450. The van der Waals surface area contributed by atoms with E-state index in [9.17, 15) is 22.8 Å². The van der Waals surface area contributed by atoms with Gasteiger partial charge in [-0.25, -0.2) is 9.98 Å². The highest BCUT2D eigenvalue weighted by Gasteiger charge is 2.49. The van der Waals surface area contributed by atoms with Crippen molar-refractivity contribution < 1.29 is 22.8 Å². The number of amides is 2. The number of fused-ring (bicyclic) bond motifs is 1. The maximum Gasteiger partial charge on any atom is 0.417 e. The minimum Gasteiger partial charge on any atom is -0.369 e. The molecule has 2 aliphatic heterocycles. The normalized spacial score (nSPS) is 19.2. The van der Waals surface area contributed by atoms with Gasteiger partial charge >= 0.3 is 6.18 Å². The van der Waals surface area contributed by atoms with Crippen molar-refractivity contribution in [2.24, 2.45) is 16.6 Å². The second-order valence-corrected chi connectivity index (χ2v) is 10.7. The molecular formula is C29H31F3N6O2. The molecule has 8 nitrogen and oxygen atoms in total. The zero-order chi connectivity index (χ0) is 28.7. The SMILES string of the molecule is CC(C)CCC1(c2ccccc2)N=C(N)N(Cc2ccc(C(F)(F)F)c(C(=O)N3CCn4ccnc4C3)c2)C1=O. The topological polar surface area (TPSA) is 96.8 Å². The third-order valence-corrected chi connectivity index (χ3v) is 7.51. The van der Waals surface area contributed by atoms with Crippen molar-refractivity contribution in [3.8, 4) is 0 Å². The van der Waals surface area contributed by atoms with Crippen LogP contribution in [0, 0.1) is 5.92 Å². The van der Waals surface area contributed by atoms with E-state index in [-0.39, 0.29) is 31.5 Å². The lowest BCUT2D eigenvalue weighted by Gasteiger charge is -2.29. The van der Waals surface area contributed by atoms with Gasteiger partial charge < -0.3 is 15.2 Å². The van der Waals surface area contributed by atoms with Crippen LogP contribution in [0.3, 0.4) is 0 Å². The number of carbonyl (C=O) groups is 2. The summed E-state index contributed by atoms with van der Waals surface area (Å²) in [6.45, 7) is 4.79. The number of nitrogens with two attached hydrogens (primary N) is 1. The van der Waals surface area contributed by atoms with Crippen LogP contribution < -0.4 is 5.73 Å². The lowest BCUT2D eigenvalue weighted by Crippen LogP contribution is -2.43. The van der Waals surface area contributed by atoms with Crippen molar-refractivity contribution in [2.45, 2.75) is 58.0 Å². The van der Waals surface area contributed by atoms with E-state index in [0.29, 0.717) is 35.8 Å². The molecular weight excluding hydrogens is 521 g/mol. The highest BCUT2D eigenvalue weighted by Crippen LogP contribution is 2.39. The molecule has 3 aromatic rings. The maximum absolute atomic E-state index is 14.0. The van der Waals surface area contributed by atoms with Crippen LogP contribution in [0.15, 0.2) is 65.9 Å². The monoisotopic (exact) mass is 552 g/mol. The molecule has 210 valence electrons. The van der Waals surface area contributed by atoms with Crippen molar-refractivity contribution in [3.05, 3.63) is 89.0 Å². The standard InChI is InChI=1S/C29H31F3N6O2/c1-19(2)10-11-28(21-6-4-3-5-7-21)26(40)38(27(33)35-28)17-20-8-9-23(29(30,31)32)22(16-20)25(39)37-15-14-36-13-12-34-24(36)18-37/h3-9,12-13,16,19H,10-11,14-15,17-18H2,1-2H3,(H2,33,35). The predicted molar refractivity (Wildman–Crippen MR) is 143 cm³/mol. The van der Waals surface area contributed by atoms with Gasteiger partial charge in [-0.1, -0.05) is 50.2 Å². The minimum absolute atomic E-state index is 0.00625. The molecule has 0 aliphatic carbocycles. The van der Waals surface area contributed by atoms with Gasteiger partial charge in [-0.15, -0.1) is 0 Å². The summed E-state index contributed by atoms with van der Waals surface area (Å²) in [7, 11) is 0. The molecule has 11 heteroatoms. The summed E-state index contributed by atoms with van der Waals surface area (Å²) in [5, 5.41) is 0. The summed E-state index contributed by atoms with van der Waals surface area (Å²) in [5.74, 6) is -0.168. The Hall–Kier alpha value is -4.15. The molecule has 0 saturated carbocycles. The van der Waals surface area contributed by atoms with E-state index in [1.54, 1.807) is 12.4 Å². The molecule has 40 heavy (non-hydrogen) atoms. The van der Waals surface area contributed by atoms with Crippen molar-refractivity contribution in [2.75, 3.05) is 6.54 Å². The highest BCUT2D eigenvalue weighted by molar-refractivity contribution is 6.07. The fourth-order valence-electron chi connectivity index (χ4n) is 5.30. The Morgan fingerprint density at radius 3 is 2.58 bits per heavy atom. The molecule has 0 radical (unpaired) electrons. The third kappa shape index (κ3) is 5.07. The van der Waals surface area contributed by atoms with Crippen molar-refractivity contribution in [1.82, 2.24) is 19.4 Å². The number of halogens is 3. The lowest BCUT2D eigenvalue weighted by molar-refractivity contribution is -0.138. The molecule has 2 N–H and O–H groups in total. The van der Waals surface area contributed by atoms with Gasteiger partial charge in [-0.2, -0.15) is 13.2 Å². The average molecular weight is 553 g/mol. The first-order valence-electron chi connectivity index (χ1n) is 13.2. The van der Waals surface area contributed by atoms with E-state index < -0.39 is 28.7 Å². The maximum atomic E-state index is 14.0.